The number of carboxylic acids is 1. The summed E-state index contributed by atoms with van der Waals surface area (Å²) in [5.74, 6) is -1.65. The predicted octanol–water partition coefficient (Wildman–Crippen LogP) is 4.57. The van der Waals surface area contributed by atoms with Crippen LogP contribution in [0.4, 0.5) is 4.79 Å². The maximum absolute atomic E-state index is 13.1. The molecule has 0 radical (unpaired) electrons. The van der Waals surface area contributed by atoms with Crippen LogP contribution in [0.15, 0.2) is 60.2 Å². The number of aliphatic carboxylic acids is 1. The molecule has 0 aromatic heterocycles. The molecular weight excluding hydrogens is 432 g/mol. The van der Waals surface area contributed by atoms with Crippen LogP contribution in [0.1, 0.15) is 51.2 Å². The number of rotatable bonds is 9. The van der Waals surface area contributed by atoms with Crippen molar-refractivity contribution in [3.05, 3.63) is 71.3 Å². The number of likely N-dealkylation sites (N-methyl/N-ethyl adjacent to an activating group) is 1. The maximum atomic E-state index is 13.1. The second-order valence-corrected chi connectivity index (χ2v) is 8.68. The molecule has 2 aromatic carbocycles. The van der Waals surface area contributed by atoms with Gasteiger partial charge < -0.3 is 20.1 Å². The number of ether oxygens (including phenoxy) is 1. The highest BCUT2D eigenvalue weighted by Crippen LogP contribution is 2.44. The molecule has 34 heavy (non-hydrogen) atoms. The Kier molecular flexibility index (Phi) is 8.10. The fraction of sp³-hybridized carbons (Fsp3) is 0.370. The minimum absolute atomic E-state index is 0.0933. The van der Waals surface area contributed by atoms with Gasteiger partial charge in [0.2, 0.25) is 5.91 Å². The molecule has 0 saturated heterocycles. The normalized spacial score (nSPS) is 13.8. The summed E-state index contributed by atoms with van der Waals surface area (Å²) in [6.07, 6.45) is 1.38. The number of nitrogens with one attached hydrogen (secondary N) is 1. The van der Waals surface area contributed by atoms with Gasteiger partial charge in [0.15, 0.2) is 0 Å². The molecule has 0 heterocycles. The average molecular weight is 465 g/mol. The average Bonchev–Trinajstić information content (AvgIpc) is 3.14. The third kappa shape index (κ3) is 5.47. The van der Waals surface area contributed by atoms with Crippen molar-refractivity contribution >= 4 is 18.0 Å². The van der Waals surface area contributed by atoms with Crippen LogP contribution in [-0.2, 0) is 14.3 Å². The molecule has 1 aliphatic rings. The number of carbonyl (C=O) groups is 3. The van der Waals surface area contributed by atoms with Crippen LogP contribution in [0.3, 0.4) is 0 Å². The Bertz CT molecular complexity index is 1040. The van der Waals surface area contributed by atoms with Gasteiger partial charge in [0.05, 0.1) is 0 Å². The molecular formula is C27H32N2O5. The summed E-state index contributed by atoms with van der Waals surface area (Å²) in [4.78, 5) is 38.6. The fourth-order valence-corrected chi connectivity index (χ4v) is 4.31. The van der Waals surface area contributed by atoms with Crippen molar-refractivity contribution in [3.8, 4) is 11.1 Å². The van der Waals surface area contributed by atoms with Crippen molar-refractivity contribution in [1.82, 2.24) is 10.2 Å². The number of fused-ring (bicyclic) bond motifs is 3. The molecule has 7 heteroatoms. The first kappa shape index (κ1) is 25.0. The standard InChI is InChI=1S/C27H32N2O5/c1-5-29(18(4)26(31)32)25(30)24(15-14-17(2)3)28-27(33)34-16-23-21-12-8-6-10-19(21)20-11-7-9-13-22(20)23/h6-14,18,23-24H,5,15-16H2,1-4H3,(H,28,33)(H,31,32). The topological polar surface area (TPSA) is 95.9 Å². The van der Waals surface area contributed by atoms with E-state index in [1.54, 1.807) is 6.92 Å². The van der Waals surface area contributed by atoms with Crippen LogP contribution in [0.2, 0.25) is 0 Å². The first-order valence-corrected chi connectivity index (χ1v) is 11.5. The highest BCUT2D eigenvalue weighted by molar-refractivity contribution is 5.89. The molecule has 180 valence electrons. The molecule has 0 aliphatic heterocycles. The predicted molar refractivity (Wildman–Crippen MR) is 131 cm³/mol. The zero-order valence-electron chi connectivity index (χ0n) is 20.1. The van der Waals surface area contributed by atoms with Crippen LogP contribution in [0, 0.1) is 0 Å². The minimum Gasteiger partial charge on any atom is -0.480 e. The van der Waals surface area contributed by atoms with Crippen LogP contribution >= 0.6 is 0 Å². The second kappa shape index (κ2) is 11.0. The third-order valence-electron chi connectivity index (χ3n) is 6.14. The summed E-state index contributed by atoms with van der Waals surface area (Å²) in [5.41, 5.74) is 5.44. The molecule has 7 nitrogen and oxygen atoms in total. The number of hydrogen-bond donors (Lipinski definition) is 2. The van der Waals surface area contributed by atoms with E-state index in [0.29, 0.717) is 0 Å². The van der Waals surface area contributed by atoms with Gasteiger partial charge in [-0.15, -0.1) is 0 Å². The van der Waals surface area contributed by atoms with Crippen LogP contribution in [0.25, 0.3) is 11.1 Å². The number of carbonyl (C=O) groups excluding carboxylic acids is 2. The summed E-state index contributed by atoms with van der Waals surface area (Å²) in [7, 11) is 0. The zero-order valence-corrected chi connectivity index (χ0v) is 20.1. The molecule has 0 bridgehead atoms. The van der Waals surface area contributed by atoms with Crippen molar-refractivity contribution in [2.45, 2.75) is 52.1 Å². The van der Waals surface area contributed by atoms with E-state index in [0.717, 1.165) is 27.8 Å². The van der Waals surface area contributed by atoms with E-state index in [1.807, 2.05) is 56.3 Å². The number of allylic oxidation sites excluding steroid dienone is 1. The molecule has 2 atom stereocenters. The lowest BCUT2D eigenvalue weighted by Crippen LogP contribution is -2.53. The molecule has 3 rings (SSSR count). The van der Waals surface area contributed by atoms with Crippen molar-refractivity contribution < 1.29 is 24.2 Å². The highest BCUT2D eigenvalue weighted by atomic mass is 16.5. The Morgan fingerprint density at radius 2 is 1.62 bits per heavy atom. The summed E-state index contributed by atoms with van der Waals surface area (Å²) in [6.45, 7) is 7.30. The van der Waals surface area contributed by atoms with E-state index in [4.69, 9.17) is 4.74 Å². The van der Waals surface area contributed by atoms with Crippen molar-refractivity contribution in [2.75, 3.05) is 13.2 Å². The second-order valence-electron chi connectivity index (χ2n) is 8.68. The van der Waals surface area contributed by atoms with E-state index in [2.05, 4.69) is 17.4 Å². The Labute approximate surface area is 200 Å². The van der Waals surface area contributed by atoms with Crippen LogP contribution < -0.4 is 5.32 Å². The van der Waals surface area contributed by atoms with E-state index in [9.17, 15) is 19.5 Å². The van der Waals surface area contributed by atoms with Crippen LogP contribution in [0.5, 0.6) is 0 Å². The number of nitrogens with zero attached hydrogens (tertiary/aromatic N) is 1. The Balaban J connectivity index is 1.73. The van der Waals surface area contributed by atoms with Crippen LogP contribution in [-0.4, -0.2) is 53.2 Å². The summed E-state index contributed by atoms with van der Waals surface area (Å²) in [6, 6.07) is 14.2. The third-order valence-corrected chi connectivity index (χ3v) is 6.14. The molecule has 2 aromatic rings. The van der Waals surface area contributed by atoms with Crippen molar-refractivity contribution in [2.24, 2.45) is 0 Å². The summed E-state index contributed by atoms with van der Waals surface area (Å²) >= 11 is 0. The molecule has 0 spiro atoms. The van der Waals surface area contributed by atoms with E-state index >= 15 is 0 Å². The molecule has 0 saturated carbocycles. The Hall–Kier alpha value is -3.61. The maximum Gasteiger partial charge on any atom is 0.407 e. The number of benzene rings is 2. The van der Waals surface area contributed by atoms with Gasteiger partial charge in [-0.1, -0.05) is 60.2 Å². The minimum atomic E-state index is -1.10. The van der Waals surface area contributed by atoms with Gasteiger partial charge in [0, 0.05) is 12.5 Å². The number of amides is 2. The SMILES string of the molecule is CCN(C(=O)C(CC=C(C)C)NC(=O)OCC1c2ccccc2-c2ccccc21)C(C)C(=O)O. The smallest absolute Gasteiger partial charge is 0.407 e. The number of carboxylic acid groups (broad SMARTS) is 1. The van der Waals surface area contributed by atoms with E-state index < -0.39 is 30.1 Å². The lowest BCUT2D eigenvalue weighted by Gasteiger charge is -2.29. The van der Waals surface area contributed by atoms with Gasteiger partial charge in [-0.25, -0.2) is 9.59 Å². The van der Waals surface area contributed by atoms with Gasteiger partial charge in [-0.2, -0.15) is 0 Å². The molecule has 2 unspecified atom stereocenters. The van der Waals surface area contributed by atoms with Crippen molar-refractivity contribution in [1.29, 1.82) is 0 Å². The highest BCUT2D eigenvalue weighted by Gasteiger charge is 2.32. The molecule has 2 amide bonds. The monoisotopic (exact) mass is 464 g/mol. The van der Waals surface area contributed by atoms with Crippen molar-refractivity contribution in [3.63, 3.8) is 0 Å². The first-order chi connectivity index (χ1) is 16.2. The summed E-state index contributed by atoms with van der Waals surface area (Å²) < 4.78 is 5.59. The van der Waals surface area contributed by atoms with Gasteiger partial charge in [-0.05, 0) is 56.4 Å². The van der Waals surface area contributed by atoms with Gasteiger partial charge in [0.1, 0.15) is 18.7 Å². The number of alkyl carbamates (subject to hydrolysis) is 1. The first-order valence-electron chi connectivity index (χ1n) is 11.5. The summed E-state index contributed by atoms with van der Waals surface area (Å²) in [5, 5.41) is 12.0. The van der Waals surface area contributed by atoms with Gasteiger partial charge in [-0.3, -0.25) is 4.79 Å². The lowest BCUT2D eigenvalue weighted by atomic mass is 9.98. The van der Waals surface area contributed by atoms with Gasteiger partial charge >= 0.3 is 12.1 Å². The van der Waals surface area contributed by atoms with E-state index in [-0.39, 0.29) is 25.5 Å². The molecule has 2 N–H and O–H groups in total. The Morgan fingerprint density at radius 3 is 2.12 bits per heavy atom. The zero-order chi connectivity index (χ0) is 24.8. The largest absolute Gasteiger partial charge is 0.480 e. The quantitative estimate of drug-likeness (QED) is 0.530. The lowest BCUT2D eigenvalue weighted by molar-refractivity contribution is -0.150. The van der Waals surface area contributed by atoms with Gasteiger partial charge in [0.25, 0.3) is 0 Å². The fourth-order valence-electron chi connectivity index (χ4n) is 4.31. The number of hydrogen-bond acceptors (Lipinski definition) is 4. The molecule has 0 fully saturated rings. The molecule has 1 aliphatic carbocycles. The van der Waals surface area contributed by atoms with E-state index in [1.165, 1.54) is 11.8 Å². The Morgan fingerprint density at radius 1 is 1.06 bits per heavy atom.